The van der Waals surface area contributed by atoms with Crippen LogP contribution in [0.5, 0.6) is 0 Å². The van der Waals surface area contributed by atoms with Gasteiger partial charge in [0.2, 0.25) is 0 Å². The maximum absolute atomic E-state index is 4.96. The first-order valence-corrected chi connectivity index (χ1v) is 36.4. The Labute approximate surface area is 601 Å². The van der Waals surface area contributed by atoms with Gasteiger partial charge in [0.25, 0.3) is 0 Å². The number of thiophene rings is 4. The average Bonchev–Trinajstić information content (AvgIpc) is 1.57. The van der Waals surface area contributed by atoms with E-state index in [9.17, 15) is 0 Å². The number of halogens is 1. The summed E-state index contributed by atoms with van der Waals surface area (Å²) < 4.78 is 1.02. The number of fused-ring (bicyclic) bond motifs is 18. The molecule has 4 aliphatic rings. The van der Waals surface area contributed by atoms with E-state index in [1.165, 1.54) is 86.5 Å². The van der Waals surface area contributed by atoms with Crippen LogP contribution in [0.1, 0.15) is 70.5 Å². The summed E-state index contributed by atoms with van der Waals surface area (Å²) in [5, 5.41) is 9.02. The second kappa shape index (κ2) is 26.3. The van der Waals surface area contributed by atoms with E-state index in [1.807, 2.05) is 191 Å². The Morgan fingerprint density at radius 1 is 0.263 bits per heavy atom. The molecule has 2 spiro atoms. The van der Waals surface area contributed by atoms with E-state index in [0.717, 1.165) is 50.0 Å². The zero-order valence-corrected chi connectivity index (χ0v) is 56.7. The zero-order chi connectivity index (χ0) is 64.4. The molecule has 0 amide bonds. The molecular weight excluding hydrogens is 1350 g/mol. The Morgan fingerprint density at radius 2 is 0.525 bits per heavy atom. The van der Waals surface area contributed by atoms with E-state index < -0.39 is 0 Å². The van der Waals surface area contributed by atoms with Crippen molar-refractivity contribution in [3.05, 3.63) is 373 Å². The highest BCUT2D eigenvalue weighted by molar-refractivity contribution is 9.10. The standard InChI is InChI=1S/C42H26N4S2.C22H14S2.C21H14BrN3.2CH4/c1-3-11-27(12-4-1)39-43-40(28-13-5-2-6-14-28)45-41(44-39)29-19-21-30(22-20-29)46-35-17-9-7-15-31(35)42(32-16-8-10-18-36(32)46)33-23-25-47-37(33)38-34(42)24-26-48-38;1-3-7-16-14(5-1)13-15-6-2-4-8-17(15)22(16)18-9-11-23-20(18)21-19(22)10-12-24-21;22-18-13-11-17(12-14-18)21-24-19(15-7-3-1-4-8-15)23-20(25-21)16-9-5-2-6-10-16;;/h1-26H;1-12H,13H2;1-14H;2*1H4. The first kappa shape index (κ1) is 63.1. The van der Waals surface area contributed by atoms with Crippen molar-refractivity contribution in [3.8, 4) is 87.8 Å². The van der Waals surface area contributed by atoms with Crippen LogP contribution in [-0.2, 0) is 17.3 Å². The smallest absolute Gasteiger partial charge is 0.164 e. The summed E-state index contributed by atoms with van der Waals surface area (Å²) in [6, 6.07) is 102. The van der Waals surface area contributed by atoms with Gasteiger partial charge in [0.1, 0.15) is 0 Å². The molecule has 0 saturated carbocycles. The fourth-order valence-electron chi connectivity index (χ4n) is 14.8. The minimum Gasteiger partial charge on any atom is -0.310 e. The third kappa shape index (κ3) is 10.6. The van der Waals surface area contributed by atoms with E-state index in [-0.39, 0.29) is 25.7 Å². The highest BCUT2D eigenvalue weighted by Gasteiger charge is 2.54. The minimum absolute atomic E-state index is 0. The van der Waals surface area contributed by atoms with Crippen molar-refractivity contribution in [2.45, 2.75) is 32.1 Å². The van der Waals surface area contributed by atoms with Crippen LogP contribution in [0.25, 0.3) is 87.8 Å². The monoisotopic (exact) mass is 1410 g/mol. The van der Waals surface area contributed by atoms with Gasteiger partial charge in [-0.25, -0.2) is 29.9 Å². The van der Waals surface area contributed by atoms with Crippen LogP contribution in [0, 0.1) is 0 Å². The van der Waals surface area contributed by atoms with E-state index in [2.05, 4.69) is 193 Å². The third-order valence-corrected chi connectivity index (χ3v) is 23.4. The lowest BCUT2D eigenvalue weighted by Crippen LogP contribution is -2.35. The van der Waals surface area contributed by atoms with Crippen LogP contribution < -0.4 is 4.90 Å². The first-order valence-electron chi connectivity index (χ1n) is 32.1. The Hall–Kier alpha value is -10.7. The number of hydrogen-bond acceptors (Lipinski definition) is 11. The third-order valence-electron chi connectivity index (χ3n) is 18.9. The molecule has 10 aromatic carbocycles. The summed E-state index contributed by atoms with van der Waals surface area (Å²) in [4.78, 5) is 37.0. The van der Waals surface area contributed by atoms with Gasteiger partial charge in [-0.05, 0) is 156 Å². The summed E-state index contributed by atoms with van der Waals surface area (Å²) in [5.74, 6) is 3.98. The fraction of sp³-hybridized carbons (Fsp3) is 0.0575. The number of aromatic nitrogens is 6. The minimum atomic E-state index is -0.346. The second-order valence-corrected chi connectivity index (χ2v) is 28.7. The topological polar surface area (TPSA) is 80.6 Å². The Bertz CT molecular complexity index is 5300. The molecule has 0 atom stereocenters. The molecule has 3 aliphatic carbocycles. The van der Waals surface area contributed by atoms with E-state index in [1.54, 1.807) is 0 Å². The van der Waals surface area contributed by atoms with Crippen LogP contribution in [-0.4, -0.2) is 29.9 Å². The number of rotatable bonds is 7. The van der Waals surface area contributed by atoms with E-state index in [4.69, 9.17) is 24.9 Å². The van der Waals surface area contributed by atoms with Crippen LogP contribution >= 0.6 is 61.3 Å². The van der Waals surface area contributed by atoms with Gasteiger partial charge in [-0.15, -0.1) is 45.3 Å². The van der Waals surface area contributed by atoms with Crippen molar-refractivity contribution in [2.24, 2.45) is 0 Å². The van der Waals surface area contributed by atoms with Crippen LogP contribution in [0.2, 0.25) is 0 Å². The molecule has 0 unspecified atom stereocenters. The molecule has 7 nitrogen and oxygen atoms in total. The predicted octanol–water partition coefficient (Wildman–Crippen LogP) is 24.1. The van der Waals surface area contributed by atoms with Gasteiger partial charge >= 0.3 is 0 Å². The molecule has 0 N–H and O–H groups in total. The average molecular weight is 1410 g/mol. The van der Waals surface area contributed by atoms with E-state index >= 15 is 0 Å². The first-order chi connectivity index (χ1) is 48.0. The molecular formula is C87H62BrN7S4. The SMILES string of the molecule is Brc1ccc(-c2nc(-c3ccccc3)nc(-c3ccccc3)n2)cc1.C.C.c1ccc(-c2nc(-c3ccccc3)nc(-c3ccc(N4c5ccccc5C5(c6ccccc64)c4ccsc4-c4sccc45)cc3)n2)cc1.c1ccc2c(c1)Cc1ccccc1C21c2ccsc2-c2sccc21. The highest BCUT2D eigenvalue weighted by atomic mass is 79.9. The van der Waals surface area contributed by atoms with Gasteiger partial charge in [-0.3, -0.25) is 0 Å². The normalized spacial score (nSPS) is 13.0. The molecule has 16 aromatic rings. The molecule has 0 saturated heterocycles. The maximum atomic E-state index is 4.96. The predicted molar refractivity (Wildman–Crippen MR) is 417 cm³/mol. The second-order valence-electron chi connectivity index (χ2n) is 24.1. The number of benzene rings is 10. The molecule has 12 heteroatoms. The quantitative estimate of drug-likeness (QED) is 0.157. The van der Waals surface area contributed by atoms with Crippen molar-refractivity contribution < 1.29 is 0 Å². The van der Waals surface area contributed by atoms with Gasteiger partial charge in [-0.1, -0.05) is 249 Å². The van der Waals surface area contributed by atoms with Gasteiger partial charge < -0.3 is 4.90 Å². The van der Waals surface area contributed by atoms with Crippen molar-refractivity contribution in [2.75, 3.05) is 4.90 Å². The molecule has 20 rings (SSSR count). The van der Waals surface area contributed by atoms with Gasteiger partial charge in [0.15, 0.2) is 34.9 Å². The lowest BCUT2D eigenvalue weighted by Gasteiger charge is -2.44. The fourth-order valence-corrected chi connectivity index (χ4v) is 19.2. The number of para-hydroxylation sites is 2. The van der Waals surface area contributed by atoms with Gasteiger partial charge in [0, 0.05) is 63.0 Å². The van der Waals surface area contributed by atoms with Crippen LogP contribution in [0.4, 0.5) is 17.1 Å². The summed E-state index contributed by atoms with van der Waals surface area (Å²) in [6.45, 7) is 0. The Morgan fingerprint density at radius 3 is 0.859 bits per heavy atom. The van der Waals surface area contributed by atoms with Crippen molar-refractivity contribution in [3.63, 3.8) is 0 Å². The van der Waals surface area contributed by atoms with Crippen molar-refractivity contribution in [1.82, 2.24) is 29.9 Å². The Kier molecular flexibility index (Phi) is 16.7. The molecule has 7 heterocycles. The van der Waals surface area contributed by atoms with Crippen molar-refractivity contribution in [1.29, 1.82) is 0 Å². The number of anilines is 3. The largest absolute Gasteiger partial charge is 0.310 e. The van der Waals surface area contributed by atoms with Crippen LogP contribution in [0.15, 0.2) is 317 Å². The lowest BCUT2D eigenvalue weighted by atomic mass is 9.62. The summed E-state index contributed by atoms with van der Waals surface area (Å²) in [5.41, 5.74) is 23.0. The Balaban J connectivity index is 0.000000126. The molecule has 0 radical (unpaired) electrons. The molecule has 6 aromatic heterocycles. The van der Waals surface area contributed by atoms with Gasteiger partial charge in [-0.2, -0.15) is 0 Å². The number of hydrogen-bond donors (Lipinski definition) is 0. The molecule has 1 aliphatic heterocycles. The molecule has 99 heavy (non-hydrogen) atoms. The summed E-state index contributed by atoms with van der Waals surface area (Å²) >= 11 is 10.9. The van der Waals surface area contributed by atoms with Crippen molar-refractivity contribution >= 4 is 78.3 Å². The van der Waals surface area contributed by atoms with Gasteiger partial charge in [0.05, 0.1) is 22.2 Å². The lowest BCUT2D eigenvalue weighted by molar-refractivity contribution is 0.725. The highest BCUT2D eigenvalue weighted by Crippen LogP contribution is 2.66. The molecule has 476 valence electrons. The zero-order valence-electron chi connectivity index (χ0n) is 51.9. The van der Waals surface area contributed by atoms with Crippen LogP contribution in [0.3, 0.4) is 0 Å². The van der Waals surface area contributed by atoms with E-state index in [0.29, 0.717) is 34.9 Å². The molecule has 0 fully saturated rings. The summed E-state index contributed by atoms with van der Waals surface area (Å²) in [7, 11) is 0. The number of nitrogens with zero attached hydrogens (tertiary/aromatic N) is 7. The molecule has 0 bridgehead atoms. The summed E-state index contributed by atoms with van der Waals surface area (Å²) in [6.07, 6.45) is 1.03. The maximum Gasteiger partial charge on any atom is 0.164 e.